The third-order valence-electron chi connectivity index (χ3n) is 8.32. The molecule has 0 radical (unpaired) electrons. The Morgan fingerprint density at radius 1 is 1.30 bits per heavy atom. The Balaban J connectivity index is 1.25. The van der Waals surface area contributed by atoms with Crippen LogP contribution in [0, 0.1) is 16.7 Å². The van der Waals surface area contributed by atoms with Gasteiger partial charge in [0, 0.05) is 12.6 Å². The summed E-state index contributed by atoms with van der Waals surface area (Å²) >= 11 is 1.40. The zero-order chi connectivity index (χ0) is 23.2. The van der Waals surface area contributed by atoms with Gasteiger partial charge in [-0.15, -0.1) is 16.8 Å². The maximum atomic E-state index is 12.9. The number of carbonyl (C=O) groups excluding carboxylic acids is 1. The van der Waals surface area contributed by atoms with Crippen LogP contribution in [0.3, 0.4) is 0 Å². The summed E-state index contributed by atoms with van der Waals surface area (Å²) < 4.78 is 13.9. The predicted octanol–water partition coefficient (Wildman–Crippen LogP) is 4.40. The summed E-state index contributed by atoms with van der Waals surface area (Å²) in [6, 6.07) is 7.84. The number of benzene rings is 1. The molecule has 2 fully saturated rings. The summed E-state index contributed by atoms with van der Waals surface area (Å²) in [5.74, 6) is 3.15. The van der Waals surface area contributed by atoms with Gasteiger partial charge >= 0.3 is 0 Å². The van der Waals surface area contributed by atoms with Crippen LogP contribution in [0.1, 0.15) is 52.0 Å². The van der Waals surface area contributed by atoms with Crippen molar-refractivity contribution in [3.8, 4) is 11.5 Å². The van der Waals surface area contributed by atoms with E-state index < -0.39 is 0 Å². The number of allylic oxidation sites excluding steroid dienone is 1. The molecule has 1 amide bonds. The van der Waals surface area contributed by atoms with Crippen LogP contribution in [0.2, 0.25) is 0 Å². The SMILES string of the molecule is C=CCn1c(SCC(=O)N[C@@H]2C[C@H]3CC[C@@]2(C)C3(C)C)nnc1[C@@H]1COc2ccccc2O1. The maximum Gasteiger partial charge on any atom is 0.230 e. The van der Waals surface area contributed by atoms with E-state index >= 15 is 0 Å². The molecule has 1 aromatic carbocycles. The van der Waals surface area contributed by atoms with E-state index in [0.29, 0.717) is 41.6 Å². The quantitative estimate of drug-likeness (QED) is 0.479. The Morgan fingerprint density at radius 2 is 2.09 bits per heavy atom. The van der Waals surface area contributed by atoms with Gasteiger partial charge in [-0.25, -0.2) is 0 Å². The van der Waals surface area contributed by atoms with E-state index in [-0.39, 0.29) is 28.9 Å². The van der Waals surface area contributed by atoms with Gasteiger partial charge < -0.3 is 14.8 Å². The highest BCUT2D eigenvalue weighted by molar-refractivity contribution is 7.99. The number of nitrogens with zero attached hydrogens (tertiary/aromatic N) is 3. The topological polar surface area (TPSA) is 78.3 Å². The number of aromatic nitrogens is 3. The Bertz CT molecular complexity index is 1070. The number of rotatable bonds is 7. The molecule has 33 heavy (non-hydrogen) atoms. The van der Waals surface area contributed by atoms with Gasteiger partial charge in [-0.2, -0.15) is 0 Å². The normalized spacial score (nSPS) is 29.1. The first-order valence-corrected chi connectivity index (χ1v) is 12.7. The van der Waals surface area contributed by atoms with Gasteiger partial charge in [0.15, 0.2) is 28.6 Å². The number of thioether (sulfide) groups is 1. The molecule has 1 aromatic heterocycles. The molecule has 2 aliphatic carbocycles. The first-order chi connectivity index (χ1) is 15.8. The Hall–Kier alpha value is -2.48. The number of amides is 1. The second kappa shape index (κ2) is 8.38. The molecule has 2 saturated carbocycles. The van der Waals surface area contributed by atoms with E-state index in [9.17, 15) is 4.79 Å². The number of para-hydroxylation sites is 2. The summed E-state index contributed by atoms with van der Waals surface area (Å²) in [6.07, 6.45) is 4.97. The predicted molar refractivity (Wildman–Crippen MR) is 127 cm³/mol. The first kappa shape index (κ1) is 22.3. The van der Waals surface area contributed by atoms with Crippen molar-refractivity contribution in [3.05, 3.63) is 42.7 Å². The van der Waals surface area contributed by atoms with E-state index in [1.807, 2.05) is 28.8 Å². The summed E-state index contributed by atoms with van der Waals surface area (Å²) in [6.45, 7) is 11.8. The van der Waals surface area contributed by atoms with Crippen molar-refractivity contribution >= 4 is 17.7 Å². The average molecular weight is 469 g/mol. The highest BCUT2D eigenvalue weighted by Gasteiger charge is 2.61. The maximum absolute atomic E-state index is 12.9. The monoisotopic (exact) mass is 468 g/mol. The Kier molecular flexibility index (Phi) is 5.67. The molecule has 7 nitrogen and oxygen atoms in total. The molecule has 3 aliphatic rings. The minimum Gasteiger partial charge on any atom is -0.485 e. The standard InChI is InChI=1S/C25H32N4O3S/c1-5-12-29-22(19-14-31-17-8-6-7-9-18(17)32-19)27-28-23(29)33-15-21(30)26-20-13-16-10-11-25(20,4)24(16,2)3/h5-9,16,19-20H,1,10-15H2,2-4H3,(H,26,30)/t16-,19+,20-,25-/m1/s1. The highest BCUT2D eigenvalue weighted by atomic mass is 32.2. The molecule has 2 aromatic rings. The Labute approximate surface area is 199 Å². The Morgan fingerprint density at radius 3 is 2.79 bits per heavy atom. The summed E-state index contributed by atoms with van der Waals surface area (Å²) in [5.41, 5.74) is 0.445. The zero-order valence-corrected chi connectivity index (χ0v) is 20.4. The van der Waals surface area contributed by atoms with E-state index in [1.165, 1.54) is 24.6 Å². The van der Waals surface area contributed by atoms with Gasteiger partial charge in [0.25, 0.3) is 0 Å². The third-order valence-corrected chi connectivity index (χ3v) is 9.28. The van der Waals surface area contributed by atoms with Gasteiger partial charge in [0.1, 0.15) is 6.61 Å². The number of ether oxygens (including phenoxy) is 2. The fourth-order valence-corrected chi connectivity index (χ4v) is 6.65. The smallest absolute Gasteiger partial charge is 0.230 e. The van der Waals surface area contributed by atoms with Gasteiger partial charge in [0.05, 0.1) is 5.75 Å². The number of fused-ring (bicyclic) bond motifs is 3. The fraction of sp³-hybridized carbons (Fsp3) is 0.560. The lowest BCUT2D eigenvalue weighted by Crippen LogP contribution is -2.47. The molecule has 4 atom stereocenters. The molecule has 176 valence electrons. The van der Waals surface area contributed by atoms with Crippen LogP contribution in [0.15, 0.2) is 42.1 Å². The van der Waals surface area contributed by atoms with Gasteiger partial charge in [-0.3, -0.25) is 9.36 Å². The molecular formula is C25H32N4O3S. The van der Waals surface area contributed by atoms with Crippen LogP contribution in [0.4, 0.5) is 0 Å². The molecule has 5 rings (SSSR count). The average Bonchev–Trinajstić information content (AvgIpc) is 3.36. The lowest BCUT2D eigenvalue weighted by atomic mass is 9.69. The van der Waals surface area contributed by atoms with Crippen molar-refractivity contribution in [3.63, 3.8) is 0 Å². The van der Waals surface area contributed by atoms with Crippen LogP contribution in [0.25, 0.3) is 0 Å². The molecule has 0 unspecified atom stereocenters. The number of carbonyl (C=O) groups is 1. The van der Waals surface area contributed by atoms with Crippen molar-refractivity contribution < 1.29 is 14.3 Å². The number of hydrogen-bond acceptors (Lipinski definition) is 6. The van der Waals surface area contributed by atoms with Crippen molar-refractivity contribution in [1.82, 2.24) is 20.1 Å². The number of hydrogen-bond donors (Lipinski definition) is 1. The largest absolute Gasteiger partial charge is 0.485 e. The molecule has 1 aliphatic heterocycles. The second-order valence-electron chi connectivity index (χ2n) is 10.1. The van der Waals surface area contributed by atoms with Crippen molar-refractivity contribution in [2.24, 2.45) is 16.7 Å². The second-order valence-corrected chi connectivity index (χ2v) is 11.1. The van der Waals surface area contributed by atoms with Crippen molar-refractivity contribution in [2.75, 3.05) is 12.4 Å². The lowest BCUT2D eigenvalue weighted by Gasteiger charge is -2.39. The van der Waals surface area contributed by atoms with E-state index in [2.05, 4.69) is 42.9 Å². The van der Waals surface area contributed by atoms with Crippen LogP contribution in [-0.4, -0.2) is 39.1 Å². The molecule has 1 N–H and O–H groups in total. The van der Waals surface area contributed by atoms with E-state index in [4.69, 9.17) is 9.47 Å². The highest BCUT2D eigenvalue weighted by Crippen LogP contribution is 2.65. The molecule has 0 saturated heterocycles. The summed E-state index contributed by atoms with van der Waals surface area (Å²) in [4.78, 5) is 12.9. The third kappa shape index (κ3) is 3.72. The molecular weight excluding hydrogens is 436 g/mol. The number of nitrogens with one attached hydrogen (secondary N) is 1. The van der Waals surface area contributed by atoms with Crippen LogP contribution >= 0.6 is 11.8 Å². The molecule has 8 heteroatoms. The van der Waals surface area contributed by atoms with Gasteiger partial charge in [0.2, 0.25) is 5.91 Å². The van der Waals surface area contributed by atoms with E-state index in [0.717, 1.165) is 12.2 Å². The van der Waals surface area contributed by atoms with Gasteiger partial charge in [-0.1, -0.05) is 50.7 Å². The lowest BCUT2D eigenvalue weighted by molar-refractivity contribution is -0.120. The zero-order valence-electron chi connectivity index (χ0n) is 19.5. The van der Waals surface area contributed by atoms with Crippen LogP contribution in [0.5, 0.6) is 11.5 Å². The minimum atomic E-state index is -0.369. The van der Waals surface area contributed by atoms with Crippen LogP contribution < -0.4 is 14.8 Å². The summed E-state index contributed by atoms with van der Waals surface area (Å²) in [5, 5.41) is 12.7. The molecule has 2 heterocycles. The van der Waals surface area contributed by atoms with Crippen LogP contribution in [-0.2, 0) is 11.3 Å². The molecule has 2 bridgehead atoms. The van der Waals surface area contributed by atoms with Crippen molar-refractivity contribution in [2.45, 2.75) is 63.9 Å². The minimum absolute atomic E-state index is 0.0513. The molecule has 0 spiro atoms. The first-order valence-electron chi connectivity index (χ1n) is 11.7. The van der Waals surface area contributed by atoms with Crippen molar-refractivity contribution in [1.29, 1.82) is 0 Å². The van der Waals surface area contributed by atoms with E-state index in [1.54, 1.807) is 6.08 Å². The van der Waals surface area contributed by atoms with Gasteiger partial charge in [-0.05, 0) is 48.1 Å². The fourth-order valence-electron chi connectivity index (χ4n) is 5.88. The summed E-state index contributed by atoms with van der Waals surface area (Å²) in [7, 11) is 0.